The van der Waals surface area contributed by atoms with Gasteiger partial charge < -0.3 is 9.09 Å². The average Bonchev–Trinajstić information content (AvgIpc) is 3.28. The predicted octanol–water partition coefficient (Wildman–Crippen LogP) is 5.04. The smallest absolute Gasteiger partial charge is 0.177 e. The van der Waals surface area contributed by atoms with Crippen LogP contribution in [0.5, 0.6) is 0 Å². The maximum Gasteiger partial charge on any atom is 0.177 e. The average molecular weight is 395 g/mol. The van der Waals surface area contributed by atoms with Crippen molar-refractivity contribution in [1.29, 1.82) is 0 Å². The lowest BCUT2D eigenvalue weighted by Crippen LogP contribution is -2.15. The highest BCUT2D eigenvalue weighted by atomic mass is 16.5. The number of fused-ring (bicyclic) bond motifs is 1. The van der Waals surface area contributed by atoms with Crippen molar-refractivity contribution in [3.8, 4) is 11.1 Å². The third-order valence-corrected chi connectivity index (χ3v) is 5.39. The van der Waals surface area contributed by atoms with Crippen LogP contribution in [-0.2, 0) is 0 Å². The third-order valence-electron chi connectivity index (χ3n) is 5.39. The summed E-state index contributed by atoms with van der Waals surface area (Å²) in [6.07, 6.45) is 3.66. The van der Waals surface area contributed by atoms with Gasteiger partial charge in [-0.2, -0.15) is 0 Å². The van der Waals surface area contributed by atoms with Gasteiger partial charge in [-0.15, -0.1) is 0 Å². The van der Waals surface area contributed by atoms with E-state index in [0.29, 0.717) is 5.65 Å². The summed E-state index contributed by atoms with van der Waals surface area (Å²) in [5.41, 5.74) is 6.54. The largest absolute Gasteiger partial charge is 0.361 e. The number of pyridine rings is 2. The van der Waals surface area contributed by atoms with Crippen molar-refractivity contribution in [2.24, 2.45) is 0 Å². The Morgan fingerprint density at radius 1 is 0.933 bits per heavy atom. The van der Waals surface area contributed by atoms with Crippen molar-refractivity contribution in [2.45, 2.75) is 26.8 Å². The van der Waals surface area contributed by atoms with Crippen LogP contribution in [0.25, 0.3) is 22.3 Å². The van der Waals surface area contributed by atoms with E-state index in [4.69, 9.17) is 9.51 Å². The maximum atomic E-state index is 5.37. The fourth-order valence-electron chi connectivity index (χ4n) is 4.07. The molecule has 0 bridgehead atoms. The molecule has 0 amide bonds. The Morgan fingerprint density at radius 3 is 2.43 bits per heavy atom. The van der Waals surface area contributed by atoms with Crippen molar-refractivity contribution >= 4 is 11.2 Å². The molecule has 0 aliphatic rings. The van der Waals surface area contributed by atoms with E-state index in [9.17, 15) is 0 Å². The molecule has 5 rings (SSSR count). The summed E-state index contributed by atoms with van der Waals surface area (Å²) >= 11 is 0. The Morgan fingerprint density at radius 2 is 1.73 bits per heavy atom. The Bertz CT molecular complexity index is 1260. The third kappa shape index (κ3) is 2.97. The van der Waals surface area contributed by atoms with Crippen LogP contribution in [0.3, 0.4) is 0 Å². The zero-order valence-electron chi connectivity index (χ0n) is 17.1. The Balaban J connectivity index is 1.77. The second-order valence-electron chi connectivity index (χ2n) is 7.36. The van der Waals surface area contributed by atoms with E-state index in [0.717, 1.165) is 45.2 Å². The quantitative estimate of drug-likeness (QED) is 0.426. The predicted molar refractivity (Wildman–Crippen MR) is 115 cm³/mol. The van der Waals surface area contributed by atoms with E-state index < -0.39 is 0 Å². The van der Waals surface area contributed by atoms with Gasteiger partial charge in [-0.3, -0.25) is 4.98 Å². The first-order valence-corrected chi connectivity index (χ1v) is 9.87. The van der Waals surface area contributed by atoms with E-state index in [1.165, 1.54) is 0 Å². The van der Waals surface area contributed by atoms with Crippen LogP contribution in [0.1, 0.15) is 34.6 Å². The van der Waals surface area contributed by atoms with Gasteiger partial charge >= 0.3 is 0 Å². The first-order valence-electron chi connectivity index (χ1n) is 9.87. The SMILES string of the molecule is Cc1noc(C)c1-c1cnc2nc(C)n([C@H](c3ccccc3)c3ccccn3)c2c1. The first-order chi connectivity index (χ1) is 14.6. The number of hydrogen-bond donors (Lipinski definition) is 0. The second-order valence-corrected chi connectivity index (χ2v) is 7.36. The lowest BCUT2D eigenvalue weighted by molar-refractivity contribution is 0.393. The molecule has 1 atom stereocenters. The van der Waals surface area contributed by atoms with Crippen molar-refractivity contribution in [2.75, 3.05) is 0 Å². The van der Waals surface area contributed by atoms with Crippen LogP contribution in [-0.4, -0.2) is 24.7 Å². The molecule has 148 valence electrons. The zero-order chi connectivity index (χ0) is 20.7. The molecule has 30 heavy (non-hydrogen) atoms. The van der Waals surface area contributed by atoms with Crippen molar-refractivity contribution in [1.82, 2.24) is 24.7 Å². The molecule has 0 fully saturated rings. The van der Waals surface area contributed by atoms with Crippen LogP contribution >= 0.6 is 0 Å². The summed E-state index contributed by atoms with van der Waals surface area (Å²) in [6, 6.07) is 18.4. The second kappa shape index (κ2) is 7.22. The van der Waals surface area contributed by atoms with Crippen LogP contribution in [0, 0.1) is 20.8 Å². The number of rotatable bonds is 4. The number of nitrogens with zero attached hydrogens (tertiary/aromatic N) is 5. The number of aryl methyl sites for hydroxylation is 3. The molecule has 0 aliphatic heterocycles. The Kier molecular flexibility index (Phi) is 4.39. The van der Waals surface area contributed by atoms with Gasteiger partial charge in [0.05, 0.1) is 16.9 Å². The van der Waals surface area contributed by atoms with Crippen molar-refractivity contribution in [3.05, 3.63) is 95.5 Å². The minimum absolute atomic E-state index is 0.112. The lowest BCUT2D eigenvalue weighted by atomic mass is 10.0. The lowest BCUT2D eigenvalue weighted by Gasteiger charge is -2.21. The van der Waals surface area contributed by atoms with Gasteiger partial charge in [0.15, 0.2) is 5.65 Å². The molecule has 0 aliphatic carbocycles. The molecule has 0 N–H and O–H groups in total. The standard InChI is InChI=1S/C24H21N5O/c1-15-22(16(2)30-28-15)19-13-21-24(26-14-19)27-17(3)29(21)23(18-9-5-4-6-10-18)20-11-7-8-12-25-20/h4-14,23H,1-3H3/t23-/m1/s1. The molecule has 5 aromatic rings. The topological polar surface area (TPSA) is 69.6 Å². The highest BCUT2D eigenvalue weighted by Crippen LogP contribution is 2.33. The van der Waals surface area contributed by atoms with E-state index in [1.54, 1.807) is 0 Å². The van der Waals surface area contributed by atoms with Crippen LogP contribution in [0.4, 0.5) is 0 Å². The fourth-order valence-corrected chi connectivity index (χ4v) is 4.07. The number of hydrogen-bond acceptors (Lipinski definition) is 5. The molecule has 4 aromatic heterocycles. The van der Waals surface area contributed by atoms with Gasteiger partial charge in [-0.05, 0) is 44.5 Å². The van der Waals surface area contributed by atoms with E-state index in [2.05, 4.69) is 44.0 Å². The molecule has 0 spiro atoms. The molecule has 4 heterocycles. The van der Waals surface area contributed by atoms with Gasteiger partial charge in [0.2, 0.25) is 0 Å². The normalized spacial score (nSPS) is 12.4. The van der Waals surface area contributed by atoms with Crippen LogP contribution in [0.15, 0.2) is 71.5 Å². The number of benzene rings is 1. The number of aromatic nitrogens is 5. The van der Waals surface area contributed by atoms with Crippen LogP contribution < -0.4 is 0 Å². The van der Waals surface area contributed by atoms with Gasteiger partial charge in [0, 0.05) is 23.5 Å². The summed E-state index contributed by atoms with van der Waals surface area (Å²) in [5, 5.41) is 4.10. The Hall–Kier alpha value is -3.80. The highest BCUT2D eigenvalue weighted by molar-refractivity contribution is 5.80. The Labute approximate surface area is 174 Å². The molecular formula is C24H21N5O. The summed E-state index contributed by atoms with van der Waals surface area (Å²) in [5.74, 6) is 1.66. The molecule has 0 saturated heterocycles. The zero-order valence-corrected chi connectivity index (χ0v) is 17.1. The first kappa shape index (κ1) is 18.2. The van der Waals surface area contributed by atoms with E-state index in [1.807, 2.05) is 63.5 Å². The van der Waals surface area contributed by atoms with Crippen LogP contribution in [0.2, 0.25) is 0 Å². The number of imidazole rings is 1. The minimum atomic E-state index is -0.112. The molecular weight excluding hydrogens is 374 g/mol. The fraction of sp³-hybridized carbons (Fsp3) is 0.167. The summed E-state index contributed by atoms with van der Waals surface area (Å²) in [4.78, 5) is 14.1. The van der Waals surface area contributed by atoms with Crippen molar-refractivity contribution in [3.63, 3.8) is 0 Å². The van der Waals surface area contributed by atoms with Gasteiger partial charge in [0.1, 0.15) is 17.6 Å². The van der Waals surface area contributed by atoms with Gasteiger partial charge in [-0.25, -0.2) is 9.97 Å². The van der Waals surface area contributed by atoms with E-state index in [-0.39, 0.29) is 6.04 Å². The molecule has 0 unspecified atom stereocenters. The summed E-state index contributed by atoms with van der Waals surface area (Å²) < 4.78 is 7.58. The maximum absolute atomic E-state index is 5.37. The van der Waals surface area contributed by atoms with Gasteiger partial charge in [0.25, 0.3) is 0 Å². The van der Waals surface area contributed by atoms with Crippen molar-refractivity contribution < 1.29 is 4.52 Å². The molecule has 0 saturated carbocycles. The molecule has 0 radical (unpaired) electrons. The van der Waals surface area contributed by atoms with E-state index >= 15 is 0 Å². The monoisotopic (exact) mass is 395 g/mol. The molecule has 6 nitrogen and oxygen atoms in total. The molecule has 6 heteroatoms. The highest BCUT2D eigenvalue weighted by Gasteiger charge is 2.23. The summed E-state index contributed by atoms with van der Waals surface area (Å²) in [6.45, 7) is 5.87. The molecule has 1 aromatic carbocycles. The summed E-state index contributed by atoms with van der Waals surface area (Å²) in [7, 11) is 0. The van der Waals surface area contributed by atoms with Gasteiger partial charge in [-0.1, -0.05) is 41.6 Å². The minimum Gasteiger partial charge on any atom is -0.361 e.